The summed E-state index contributed by atoms with van der Waals surface area (Å²) in [6.07, 6.45) is 0. The number of rotatable bonds is 3. The highest BCUT2D eigenvalue weighted by Crippen LogP contribution is 2.68. The van der Waals surface area contributed by atoms with Crippen LogP contribution in [0.25, 0.3) is 0 Å². The molecule has 0 aliphatic heterocycles. The Morgan fingerprint density at radius 1 is 0.400 bits per heavy atom. The summed E-state index contributed by atoms with van der Waals surface area (Å²) in [5.74, 6) is 0. The Morgan fingerprint density at radius 3 is 0.867 bits per heavy atom. The van der Waals surface area contributed by atoms with Crippen molar-refractivity contribution in [1.29, 1.82) is 0 Å². The zero-order chi connectivity index (χ0) is 23.2. The molecule has 0 aromatic heterocycles. The van der Waals surface area contributed by atoms with E-state index in [1.165, 1.54) is 0 Å². The van der Waals surface area contributed by atoms with Crippen molar-refractivity contribution >= 4 is 25.6 Å². The molecule has 0 atom stereocenters. The predicted molar refractivity (Wildman–Crippen MR) is 143 cm³/mol. The van der Waals surface area contributed by atoms with Gasteiger partial charge in [0.1, 0.15) is 7.59 Å². The molecule has 30 heavy (non-hydrogen) atoms. The van der Waals surface area contributed by atoms with Crippen LogP contribution in [0.3, 0.4) is 0 Å². The smallest absolute Gasteiger partial charge is 0.0628 e. The van der Waals surface area contributed by atoms with Gasteiger partial charge in [0.05, 0.1) is 7.59 Å². The van der Waals surface area contributed by atoms with Crippen molar-refractivity contribution in [2.45, 2.75) is 103 Å². The van der Waals surface area contributed by atoms with E-state index in [4.69, 9.17) is 0 Å². The van der Waals surface area contributed by atoms with Gasteiger partial charge >= 0.3 is 0 Å². The first-order valence-electron chi connectivity index (χ1n) is 11.6. The van der Waals surface area contributed by atoms with E-state index in [1.54, 1.807) is 10.4 Å². The predicted octanol–water partition coefficient (Wildman–Crippen LogP) is 7.98. The van der Waals surface area contributed by atoms with Crippen LogP contribution in [0.1, 0.15) is 83.1 Å². The maximum Gasteiger partial charge on any atom is 0.117 e. The van der Waals surface area contributed by atoms with Crippen LogP contribution >= 0.6 is 0 Å². The first-order valence-corrected chi connectivity index (χ1v) is 16.6. The van der Waals surface area contributed by atoms with Gasteiger partial charge in [-0.25, -0.2) is 0 Å². The van der Waals surface area contributed by atoms with Crippen LogP contribution in [0.2, 0.25) is 20.2 Å². The molecule has 166 valence electrons. The lowest BCUT2D eigenvalue weighted by Crippen LogP contribution is -2.87. The summed E-state index contributed by atoms with van der Waals surface area (Å²) in [6, 6.07) is 23.3. The maximum atomic E-state index is 2.56. The zero-order valence-electron chi connectivity index (χ0n) is 21.8. The Balaban J connectivity index is 3.35. The second kappa shape index (κ2) is 7.78. The molecule has 0 nitrogen and oxygen atoms in total. The first kappa shape index (κ1) is 25.1. The van der Waals surface area contributed by atoms with Gasteiger partial charge in [0.25, 0.3) is 0 Å². The van der Waals surface area contributed by atoms with Crippen LogP contribution in [-0.2, 0) is 0 Å². The van der Waals surface area contributed by atoms with Gasteiger partial charge in [0.15, 0.2) is 0 Å². The van der Waals surface area contributed by atoms with Crippen LogP contribution in [0.4, 0.5) is 0 Å². The summed E-state index contributed by atoms with van der Waals surface area (Å²) in [7, 11) is -4.45. The minimum Gasteiger partial charge on any atom is -0.0628 e. The van der Waals surface area contributed by atoms with Gasteiger partial charge in [-0.15, -0.1) is 0 Å². The largest absolute Gasteiger partial charge is 0.117 e. The molecule has 0 aliphatic carbocycles. The second-order valence-corrected chi connectivity index (χ2v) is 27.9. The third kappa shape index (κ3) is 3.48. The summed E-state index contributed by atoms with van der Waals surface area (Å²) in [4.78, 5) is 0. The fourth-order valence-electron chi connectivity index (χ4n) is 8.47. The second-order valence-electron chi connectivity index (χ2n) is 13.2. The normalized spacial score (nSPS) is 14.7. The standard InChI is InChI=1S/C28H46Si2/c1-25(2,3)29(23-19-15-13-16-20-23,24-21-17-14-18-22-24)30(26(4,5)6,27(7,8)9)28(10,11)12/h13-22H,1-12H3. The van der Waals surface area contributed by atoms with Crippen molar-refractivity contribution in [2.24, 2.45) is 0 Å². The molecule has 0 saturated carbocycles. The Labute approximate surface area is 189 Å². The summed E-state index contributed by atoms with van der Waals surface area (Å²) in [5.41, 5.74) is 0. The average molecular weight is 439 g/mol. The van der Waals surface area contributed by atoms with Crippen molar-refractivity contribution in [2.75, 3.05) is 0 Å². The summed E-state index contributed by atoms with van der Waals surface area (Å²) >= 11 is 0. The quantitative estimate of drug-likeness (QED) is 0.426. The molecule has 2 aromatic carbocycles. The topological polar surface area (TPSA) is 0 Å². The molecule has 0 unspecified atom stereocenters. The van der Waals surface area contributed by atoms with E-state index in [9.17, 15) is 0 Å². The Bertz CT molecular complexity index is 747. The van der Waals surface area contributed by atoms with Crippen molar-refractivity contribution in [1.82, 2.24) is 0 Å². The maximum absolute atomic E-state index is 2.56. The fraction of sp³-hybridized carbons (Fsp3) is 0.571. The third-order valence-electron chi connectivity index (χ3n) is 7.48. The van der Waals surface area contributed by atoms with Crippen LogP contribution in [0, 0.1) is 0 Å². The molecule has 0 amide bonds. The monoisotopic (exact) mass is 438 g/mol. The lowest BCUT2D eigenvalue weighted by atomic mass is 10.2. The molecule has 0 N–H and O–H groups in total. The lowest BCUT2D eigenvalue weighted by molar-refractivity contribution is 0.546. The van der Waals surface area contributed by atoms with Crippen molar-refractivity contribution in [3.63, 3.8) is 0 Å². The number of hydrogen-bond donors (Lipinski definition) is 0. The van der Waals surface area contributed by atoms with Gasteiger partial charge in [-0.1, -0.05) is 154 Å². The highest BCUT2D eigenvalue weighted by molar-refractivity contribution is 7.55. The van der Waals surface area contributed by atoms with E-state index in [2.05, 4.69) is 144 Å². The van der Waals surface area contributed by atoms with E-state index < -0.39 is 15.2 Å². The van der Waals surface area contributed by atoms with Crippen molar-refractivity contribution in [3.05, 3.63) is 60.7 Å². The zero-order valence-corrected chi connectivity index (χ0v) is 23.8. The van der Waals surface area contributed by atoms with Crippen LogP contribution in [0.15, 0.2) is 60.7 Å². The highest BCUT2D eigenvalue weighted by atomic mass is 29.3. The van der Waals surface area contributed by atoms with Gasteiger partial charge in [-0.2, -0.15) is 0 Å². The van der Waals surface area contributed by atoms with Crippen molar-refractivity contribution in [3.8, 4) is 0 Å². The van der Waals surface area contributed by atoms with E-state index in [0.717, 1.165) is 0 Å². The molecular weight excluding hydrogens is 392 g/mol. The first-order chi connectivity index (χ1) is 13.5. The molecule has 2 aromatic rings. The van der Waals surface area contributed by atoms with Gasteiger partial charge in [0, 0.05) is 0 Å². The number of benzene rings is 2. The molecular formula is C28H46Si2. The highest BCUT2D eigenvalue weighted by Gasteiger charge is 2.74. The van der Waals surface area contributed by atoms with Gasteiger partial charge < -0.3 is 0 Å². The van der Waals surface area contributed by atoms with Gasteiger partial charge in [0.2, 0.25) is 0 Å². The summed E-state index contributed by atoms with van der Waals surface area (Å²) < 4.78 is 0. The van der Waals surface area contributed by atoms with Crippen LogP contribution < -0.4 is 10.4 Å². The minimum absolute atomic E-state index is 0.176. The molecule has 0 heterocycles. The van der Waals surface area contributed by atoms with E-state index >= 15 is 0 Å². The third-order valence-corrected chi connectivity index (χ3v) is 34.1. The van der Waals surface area contributed by atoms with E-state index in [0.29, 0.717) is 0 Å². The van der Waals surface area contributed by atoms with E-state index in [-0.39, 0.29) is 20.2 Å². The Kier molecular flexibility index (Phi) is 6.52. The molecule has 2 rings (SSSR count). The Morgan fingerprint density at radius 2 is 0.667 bits per heavy atom. The van der Waals surface area contributed by atoms with Gasteiger partial charge in [-0.05, 0) is 20.2 Å². The van der Waals surface area contributed by atoms with E-state index in [1.807, 2.05) is 0 Å². The molecule has 0 spiro atoms. The minimum atomic E-state index is -2.30. The van der Waals surface area contributed by atoms with Gasteiger partial charge in [-0.3, -0.25) is 0 Å². The van der Waals surface area contributed by atoms with Crippen molar-refractivity contribution < 1.29 is 0 Å². The molecule has 2 heteroatoms. The molecule has 0 bridgehead atoms. The molecule has 0 fully saturated rings. The fourth-order valence-corrected chi connectivity index (χ4v) is 41.1. The Hall–Kier alpha value is -1.13. The lowest BCUT2D eigenvalue weighted by Gasteiger charge is -2.71. The molecule has 0 saturated heterocycles. The van der Waals surface area contributed by atoms with Crippen LogP contribution in [0.5, 0.6) is 0 Å². The average Bonchev–Trinajstić information content (AvgIpc) is 2.56. The molecule has 0 aliphatic rings. The summed E-state index contributed by atoms with van der Waals surface area (Å²) in [6.45, 7) is 30.7. The molecule has 0 radical (unpaired) electrons. The summed E-state index contributed by atoms with van der Waals surface area (Å²) in [5, 5.41) is 4.11. The number of hydrogen-bond acceptors (Lipinski definition) is 0. The SMILES string of the molecule is CC(C)(C)[Si](c1ccccc1)(c1ccccc1)[Si](C(C)(C)C)(C(C)(C)C)C(C)(C)C. The van der Waals surface area contributed by atoms with Crippen LogP contribution in [-0.4, -0.2) is 15.2 Å².